The highest BCUT2D eigenvalue weighted by Gasteiger charge is 2.18. The van der Waals surface area contributed by atoms with Gasteiger partial charge in [-0.3, -0.25) is 0 Å². The molecule has 0 radical (unpaired) electrons. The minimum Gasteiger partial charge on any atom is -0.464 e. The summed E-state index contributed by atoms with van der Waals surface area (Å²) in [6, 6.07) is 1.89. The zero-order valence-electron chi connectivity index (χ0n) is 8.88. The first-order valence-electron chi connectivity index (χ1n) is 4.40. The first-order chi connectivity index (χ1) is 6.60. The van der Waals surface area contributed by atoms with Crippen LogP contribution in [-0.4, -0.2) is 25.2 Å². The topological polar surface area (TPSA) is 51.3 Å². The molecule has 0 bridgehead atoms. The van der Waals surface area contributed by atoms with E-state index in [1.54, 1.807) is 7.11 Å². The average molecular weight is 197 g/mol. The van der Waals surface area contributed by atoms with Crippen LogP contribution in [0.2, 0.25) is 0 Å². The average Bonchev–Trinajstić information content (AvgIpc) is 2.58. The zero-order chi connectivity index (χ0) is 10.7. The number of carbonyl (C=O) groups is 1. The summed E-state index contributed by atoms with van der Waals surface area (Å²) in [5.74, 6) is -0.364. The number of methoxy groups -OCH3 is 2. The smallest absolute Gasteiger partial charge is 0.354 e. The van der Waals surface area contributed by atoms with E-state index in [0.29, 0.717) is 5.69 Å². The van der Waals surface area contributed by atoms with Crippen molar-refractivity contribution in [1.82, 2.24) is 4.98 Å². The Hall–Kier alpha value is -1.29. The lowest BCUT2D eigenvalue weighted by atomic mass is 10.1. The molecule has 14 heavy (non-hydrogen) atoms. The van der Waals surface area contributed by atoms with Crippen molar-refractivity contribution in [2.75, 3.05) is 14.2 Å². The molecular weight excluding hydrogens is 182 g/mol. The summed E-state index contributed by atoms with van der Waals surface area (Å²) in [4.78, 5) is 14.3. The highest BCUT2D eigenvalue weighted by molar-refractivity contribution is 5.89. The van der Waals surface area contributed by atoms with E-state index in [1.807, 2.05) is 19.9 Å². The molecule has 0 aliphatic rings. The Morgan fingerprint density at radius 2 is 2.14 bits per heavy atom. The van der Waals surface area contributed by atoms with Crippen LogP contribution in [0.3, 0.4) is 0 Å². The van der Waals surface area contributed by atoms with E-state index in [4.69, 9.17) is 4.74 Å². The van der Waals surface area contributed by atoms with Gasteiger partial charge in [0, 0.05) is 18.4 Å². The van der Waals surface area contributed by atoms with Gasteiger partial charge in [-0.2, -0.15) is 0 Å². The van der Waals surface area contributed by atoms with Gasteiger partial charge in [-0.1, -0.05) is 0 Å². The third kappa shape index (κ3) is 1.96. The molecule has 1 N–H and O–H groups in total. The second kappa shape index (κ2) is 4.28. The molecular formula is C10H15NO3. The summed E-state index contributed by atoms with van der Waals surface area (Å²) in [7, 11) is 2.97. The van der Waals surface area contributed by atoms with Crippen molar-refractivity contribution < 1.29 is 14.3 Å². The summed E-state index contributed by atoms with van der Waals surface area (Å²) >= 11 is 0. The van der Waals surface area contributed by atoms with Crippen molar-refractivity contribution in [2.45, 2.75) is 20.0 Å². The number of esters is 1. The number of nitrogens with one attached hydrogen (secondary N) is 1. The summed E-state index contributed by atoms with van der Waals surface area (Å²) in [5, 5.41) is 0. The fourth-order valence-electron chi connectivity index (χ4n) is 1.33. The van der Waals surface area contributed by atoms with E-state index in [2.05, 4.69) is 9.72 Å². The predicted molar refractivity (Wildman–Crippen MR) is 52.3 cm³/mol. The van der Waals surface area contributed by atoms with Crippen LogP contribution in [0.5, 0.6) is 0 Å². The largest absolute Gasteiger partial charge is 0.464 e. The van der Waals surface area contributed by atoms with Crippen LogP contribution >= 0.6 is 0 Å². The number of hydrogen-bond donors (Lipinski definition) is 1. The molecule has 1 rings (SSSR count). The molecule has 4 heteroatoms. The van der Waals surface area contributed by atoms with E-state index in [1.165, 1.54) is 7.11 Å². The second-order valence-electron chi connectivity index (χ2n) is 3.15. The van der Waals surface area contributed by atoms with Crippen molar-refractivity contribution in [3.63, 3.8) is 0 Å². The number of rotatable bonds is 3. The maximum Gasteiger partial charge on any atom is 0.354 e. The monoisotopic (exact) mass is 197 g/mol. The fourth-order valence-corrected chi connectivity index (χ4v) is 1.33. The Morgan fingerprint density at radius 1 is 1.50 bits per heavy atom. The number of aryl methyl sites for hydroxylation is 1. The maximum atomic E-state index is 11.4. The Labute approximate surface area is 83.2 Å². The van der Waals surface area contributed by atoms with Crippen molar-refractivity contribution in [2.24, 2.45) is 0 Å². The normalized spacial score (nSPS) is 12.6. The summed E-state index contributed by atoms with van der Waals surface area (Å²) in [6.07, 6.45) is -0.117. The number of ether oxygens (including phenoxy) is 2. The summed E-state index contributed by atoms with van der Waals surface area (Å²) < 4.78 is 9.82. The van der Waals surface area contributed by atoms with Gasteiger partial charge >= 0.3 is 5.97 Å². The van der Waals surface area contributed by atoms with Gasteiger partial charge in [-0.05, 0) is 19.9 Å². The SMILES string of the molecule is COC(=O)c1[nH]c(C)cc1C(C)OC. The van der Waals surface area contributed by atoms with E-state index >= 15 is 0 Å². The molecule has 0 saturated carbocycles. The predicted octanol–water partition coefficient (Wildman–Crippen LogP) is 1.82. The number of H-pyrrole nitrogens is 1. The molecule has 4 nitrogen and oxygen atoms in total. The molecule has 78 valence electrons. The lowest BCUT2D eigenvalue weighted by Crippen LogP contribution is -2.07. The van der Waals surface area contributed by atoms with Crippen molar-refractivity contribution in [3.05, 3.63) is 23.0 Å². The van der Waals surface area contributed by atoms with E-state index < -0.39 is 0 Å². The van der Waals surface area contributed by atoms with Crippen LogP contribution in [-0.2, 0) is 9.47 Å². The summed E-state index contributed by atoms with van der Waals surface area (Å²) in [6.45, 7) is 3.77. The van der Waals surface area contributed by atoms with Crippen molar-refractivity contribution >= 4 is 5.97 Å². The zero-order valence-corrected chi connectivity index (χ0v) is 8.88. The Morgan fingerprint density at radius 3 is 2.64 bits per heavy atom. The van der Waals surface area contributed by atoms with Gasteiger partial charge in [-0.25, -0.2) is 4.79 Å². The molecule has 0 saturated heterocycles. The molecule has 1 aromatic rings. The van der Waals surface area contributed by atoms with Crippen LogP contribution in [0.4, 0.5) is 0 Å². The molecule has 1 aromatic heterocycles. The van der Waals surface area contributed by atoms with Crippen molar-refractivity contribution in [1.29, 1.82) is 0 Å². The molecule has 0 spiro atoms. The number of hydrogen-bond acceptors (Lipinski definition) is 3. The summed E-state index contributed by atoms with van der Waals surface area (Å²) in [5.41, 5.74) is 2.22. The first-order valence-corrected chi connectivity index (χ1v) is 4.40. The lowest BCUT2D eigenvalue weighted by molar-refractivity contribution is 0.0582. The number of aromatic amines is 1. The van der Waals surface area contributed by atoms with Crippen LogP contribution in [0.1, 0.15) is 34.8 Å². The van der Waals surface area contributed by atoms with Crippen molar-refractivity contribution in [3.8, 4) is 0 Å². The molecule has 0 aliphatic carbocycles. The minimum atomic E-state index is -0.364. The standard InChI is InChI=1S/C10H15NO3/c1-6-5-8(7(2)13-3)9(11-6)10(12)14-4/h5,7,11H,1-4H3. The molecule has 0 amide bonds. The maximum absolute atomic E-state index is 11.4. The molecule has 1 heterocycles. The number of aromatic nitrogens is 1. The Kier molecular flexibility index (Phi) is 3.30. The Balaban J connectivity index is 3.08. The van der Waals surface area contributed by atoms with Crippen LogP contribution in [0, 0.1) is 6.92 Å². The van der Waals surface area contributed by atoms with E-state index in [-0.39, 0.29) is 12.1 Å². The van der Waals surface area contributed by atoms with Gasteiger partial charge in [0.05, 0.1) is 13.2 Å². The van der Waals surface area contributed by atoms with Crippen LogP contribution in [0.25, 0.3) is 0 Å². The van der Waals surface area contributed by atoms with E-state index in [0.717, 1.165) is 11.3 Å². The fraction of sp³-hybridized carbons (Fsp3) is 0.500. The van der Waals surface area contributed by atoms with Crippen LogP contribution in [0.15, 0.2) is 6.07 Å². The molecule has 0 aromatic carbocycles. The minimum absolute atomic E-state index is 0.117. The molecule has 1 atom stereocenters. The van der Waals surface area contributed by atoms with E-state index in [9.17, 15) is 4.79 Å². The third-order valence-electron chi connectivity index (χ3n) is 2.16. The van der Waals surface area contributed by atoms with Gasteiger partial charge in [0.15, 0.2) is 0 Å². The third-order valence-corrected chi connectivity index (χ3v) is 2.16. The van der Waals surface area contributed by atoms with Crippen LogP contribution < -0.4 is 0 Å². The van der Waals surface area contributed by atoms with Gasteiger partial charge < -0.3 is 14.5 Å². The van der Waals surface area contributed by atoms with Gasteiger partial charge in [-0.15, -0.1) is 0 Å². The van der Waals surface area contributed by atoms with Gasteiger partial charge in [0.25, 0.3) is 0 Å². The Bertz CT molecular complexity index is 330. The van der Waals surface area contributed by atoms with Gasteiger partial charge in [0.1, 0.15) is 5.69 Å². The van der Waals surface area contributed by atoms with Gasteiger partial charge in [0.2, 0.25) is 0 Å². The molecule has 1 unspecified atom stereocenters. The lowest BCUT2D eigenvalue weighted by Gasteiger charge is -2.08. The highest BCUT2D eigenvalue weighted by atomic mass is 16.5. The second-order valence-corrected chi connectivity index (χ2v) is 3.15. The first kappa shape index (κ1) is 10.8. The molecule has 0 fully saturated rings. The highest BCUT2D eigenvalue weighted by Crippen LogP contribution is 2.21. The number of carbonyl (C=O) groups excluding carboxylic acids is 1. The molecule has 0 aliphatic heterocycles. The quantitative estimate of drug-likeness (QED) is 0.752.